The van der Waals surface area contributed by atoms with E-state index in [9.17, 15) is 9.18 Å². The monoisotopic (exact) mass is 642 g/mol. The third-order valence-corrected chi connectivity index (χ3v) is 10.9. The van der Waals surface area contributed by atoms with Crippen molar-refractivity contribution in [2.75, 3.05) is 26.7 Å². The van der Waals surface area contributed by atoms with Crippen molar-refractivity contribution in [2.24, 2.45) is 28.2 Å². The fourth-order valence-electron chi connectivity index (χ4n) is 7.95. The Morgan fingerprint density at radius 3 is 2.74 bits per heavy atom. The summed E-state index contributed by atoms with van der Waals surface area (Å²) in [5.41, 5.74) is 1.76. The maximum absolute atomic E-state index is 14.7. The lowest BCUT2D eigenvalue weighted by Crippen LogP contribution is -2.63. The number of aryl methyl sites for hydroxylation is 1. The standard InChI is InChI=1S/C34H43FN10O2/c1-19-18-44(13-11-36-19)33(39-28-15-22-14-26(20(28)2)34(22,3)4)37-23-7-9-25-29(16-23)38-31(30-40-42-43-41-30)45(32(25)46)12-10-21-6-8-24(47-5)17-27(21)35/h6-9,16-17,19-20,22,26,28,36H,10-15,18H2,1-5H3,(H,37,39)(H,40,41,42,43)/t19-,20+,22-,26-,28-/m0/s1. The number of aliphatic imine (C=N–C) groups is 1. The number of methoxy groups -OCH3 is 1. The van der Waals surface area contributed by atoms with Crippen molar-refractivity contribution in [1.82, 2.24) is 45.7 Å². The summed E-state index contributed by atoms with van der Waals surface area (Å²) in [6, 6.07) is 10.9. The molecule has 1 aliphatic heterocycles. The van der Waals surface area contributed by atoms with E-state index in [0.29, 0.717) is 57.2 Å². The van der Waals surface area contributed by atoms with E-state index >= 15 is 0 Å². The Kier molecular flexibility index (Phi) is 8.19. The van der Waals surface area contributed by atoms with E-state index in [0.717, 1.165) is 37.9 Å². The topological polar surface area (TPSA) is 138 Å². The predicted octanol–water partition coefficient (Wildman–Crippen LogP) is 3.91. The SMILES string of the molecule is COc1ccc(CCn2c(-c3nn[nH]n3)nc3cc(N=C(N[C@H]4C[C@@H]5C[C@@H]([C@H]4C)C5(C)C)N4CCN[C@@H](C)C4)ccc3c2=O)c(F)c1. The molecule has 1 saturated heterocycles. The molecule has 4 fully saturated rings. The van der Waals surface area contributed by atoms with Crippen LogP contribution in [0.5, 0.6) is 5.75 Å². The van der Waals surface area contributed by atoms with Gasteiger partial charge in [0.1, 0.15) is 11.6 Å². The fourth-order valence-corrected chi connectivity index (χ4v) is 7.95. The Morgan fingerprint density at radius 1 is 1.19 bits per heavy atom. The number of ether oxygens (including phenoxy) is 1. The van der Waals surface area contributed by atoms with Gasteiger partial charge in [0.2, 0.25) is 5.82 Å². The molecule has 2 aromatic heterocycles. The van der Waals surface area contributed by atoms with Gasteiger partial charge in [0.05, 0.1) is 23.7 Å². The first kappa shape index (κ1) is 31.2. The minimum atomic E-state index is -0.401. The van der Waals surface area contributed by atoms with Gasteiger partial charge in [-0.2, -0.15) is 5.21 Å². The van der Waals surface area contributed by atoms with Crippen LogP contribution in [0.25, 0.3) is 22.6 Å². The summed E-state index contributed by atoms with van der Waals surface area (Å²) >= 11 is 0. The molecule has 4 aromatic rings. The molecule has 3 N–H and O–H groups in total. The van der Waals surface area contributed by atoms with Crippen molar-refractivity contribution in [2.45, 2.75) is 65.6 Å². The van der Waals surface area contributed by atoms with E-state index in [1.165, 1.54) is 24.2 Å². The molecule has 4 aliphatic rings. The van der Waals surface area contributed by atoms with Gasteiger partial charge in [-0.1, -0.05) is 26.8 Å². The molecule has 0 unspecified atom stereocenters. The Morgan fingerprint density at radius 2 is 2.04 bits per heavy atom. The molecule has 0 spiro atoms. The molecule has 5 atom stereocenters. The average molecular weight is 643 g/mol. The number of guanidine groups is 1. The molecule has 3 heterocycles. The highest BCUT2D eigenvalue weighted by Crippen LogP contribution is 2.61. The van der Waals surface area contributed by atoms with Crippen molar-refractivity contribution in [3.63, 3.8) is 0 Å². The lowest BCUT2D eigenvalue weighted by molar-refractivity contribution is -0.112. The van der Waals surface area contributed by atoms with Crippen LogP contribution in [0.15, 0.2) is 46.2 Å². The number of hydrogen-bond donors (Lipinski definition) is 3. The highest BCUT2D eigenvalue weighted by atomic mass is 19.1. The molecule has 0 radical (unpaired) electrons. The second-order valence-electron chi connectivity index (χ2n) is 14.0. The summed E-state index contributed by atoms with van der Waals surface area (Å²) in [7, 11) is 1.49. The Hall–Kier alpha value is -4.39. The first-order valence-corrected chi connectivity index (χ1v) is 16.6. The minimum Gasteiger partial charge on any atom is -0.497 e. The molecule has 47 heavy (non-hydrogen) atoms. The quantitative estimate of drug-likeness (QED) is 0.202. The summed E-state index contributed by atoms with van der Waals surface area (Å²) in [5, 5.41) is 22.2. The number of aromatic nitrogens is 6. The number of halogens is 1. The normalized spacial score (nSPS) is 25.4. The predicted molar refractivity (Wildman–Crippen MR) is 178 cm³/mol. The van der Waals surface area contributed by atoms with E-state index in [2.05, 4.69) is 63.9 Å². The second-order valence-corrected chi connectivity index (χ2v) is 14.0. The molecule has 2 bridgehead atoms. The lowest BCUT2D eigenvalue weighted by atomic mass is 9.45. The van der Waals surface area contributed by atoms with Crippen molar-refractivity contribution >= 4 is 22.5 Å². The molecule has 3 aliphatic carbocycles. The van der Waals surface area contributed by atoms with Crippen LogP contribution in [0.1, 0.15) is 46.1 Å². The van der Waals surface area contributed by atoms with Crippen LogP contribution in [0.4, 0.5) is 10.1 Å². The number of piperazine rings is 1. The van der Waals surface area contributed by atoms with Crippen LogP contribution >= 0.6 is 0 Å². The van der Waals surface area contributed by atoms with Gasteiger partial charge < -0.3 is 20.3 Å². The smallest absolute Gasteiger partial charge is 0.261 e. The number of tetrazole rings is 1. The molecular formula is C34H43FN10O2. The van der Waals surface area contributed by atoms with Crippen molar-refractivity contribution in [3.8, 4) is 17.4 Å². The van der Waals surface area contributed by atoms with E-state index in [4.69, 9.17) is 14.7 Å². The molecule has 248 valence electrons. The molecule has 12 nitrogen and oxygen atoms in total. The van der Waals surface area contributed by atoms with Crippen LogP contribution < -0.4 is 20.9 Å². The van der Waals surface area contributed by atoms with Crippen molar-refractivity contribution in [3.05, 3.63) is 58.1 Å². The van der Waals surface area contributed by atoms with E-state index in [-0.39, 0.29) is 30.2 Å². The maximum atomic E-state index is 14.7. The summed E-state index contributed by atoms with van der Waals surface area (Å²) in [6.07, 6.45) is 2.71. The van der Waals surface area contributed by atoms with Crippen LogP contribution in [-0.4, -0.2) is 79.9 Å². The Balaban J connectivity index is 1.23. The van der Waals surface area contributed by atoms with Crippen molar-refractivity contribution < 1.29 is 9.13 Å². The third kappa shape index (κ3) is 5.85. The van der Waals surface area contributed by atoms with Crippen LogP contribution in [0.3, 0.4) is 0 Å². The summed E-state index contributed by atoms with van der Waals surface area (Å²) in [4.78, 5) is 26.3. The third-order valence-electron chi connectivity index (χ3n) is 10.9. The zero-order chi connectivity index (χ0) is 32.9. The summed E-state index contributed by atoms with van der Waals surface area (Å²) in [5.74, 6) is 3.29. The molecule has 8 rings (SSSR count). The van der Waals surface area contributed by atoms with Crippen LogP contribution in [0, 0.1) is 29.0 Å². The van der Waals surface area contributed by atoms with Gasteiger partial charge >= 0.3 is 0 Å². The summed E-state index contributed by atoms with van der Waals surface area (Å²) in [6.45, 7) is 12.2. The number of nitrogens with one attached hydrogen (secondary N) is 3. The van der Waals surface area contributed by atoms with Gasteiger partial charge in [0.25, 0.3) is 5.56 Å². The number of hydrogen-bond acceptors (Lipinski definition) is 8. The Bertz CT molecular complexity index is 1860. The second kappa shape index (κ2) is 12.3. The molecule has 0 amide bonds. The van der Waals surface area contributed by atoms with Gasteiger partial charge in [-0.15, -0.1) is 10.2 Å². The highest BCUT2D eigenvalue weighted by Gasteiger charge is 2.56. The molecular weight excluding hydrogens is 599 g/mol. The van der Waals surface area contributed by atoms with E-state index in [1.54, 1.807) is 18.2 Å². The lowest BCUT2D eigenvalue weighted by Gasteiger charge is -2.62. The number of benzene rings is 2. The Labute approximate surface area is 273 Å². The number of nitrogens with zero attached hydrogens (tertiary/aromatic N) is 7. The van der Waals surface area contributed by atoms with Crippen LogP contribution in [0.2, 0.25) is 0 Å². The minimum absolute atomic E-state index is 0.169. The summed E-state index contributed by atoms with van der Waals surface area (Å²) < 4.78 is 21.4. The average Bonchev–Trinajstić information content (AvgIpc) is 3.60. The molecule has 3 saturated carbocycles. The van der Waals surface area contributed by atoms with Crippen LogP contribution in [-0.2, 0) is 13.0 Å². The molecule has 2 aromatic carbocycles. The van der Waals surface area contributed by atoms with Gasteiger partial charge in [0.15, 0.2) is 11.8 Å². The zero-order valence-electron chi connectivity index (χ0n) is 27.6. The van der Waals surface area contributed by atoms with Gasteiger partial charge in [-0.3, -0.25) is 9.36 Å². The molecule has 13 heteroatoms. The number of H-pyrrole nitrogens is 1. The first-order chi connectivity index (χ1) is 22.6. The number of fused-ring (bicyclic) bond motifs is 3. The largest absolute Gasteiger partial charge is 0.497 e. The van der Waals surface area contributed by atoms with Gasteiger partial charge in [0, 0.05) is 44.3 Å². The zero-order valence-corrected chi connectivity index (χ0v) is 27.6. The van der Waals surface area contributed by atoms with E-state index < -0.39 is 5.82 Å². The number of aromatic amines is 1. The maximum Gasteiger partial charge on any atom is 0.261 e. The van der Waals surface area contributed by atoms with Gasteiger partial charge in [-0.05, 0) is 84.4 Å². The van der Waals surface area contributed by atoms with E-state index in [1.807, 2.05) is 12.1 Å². The van der Waals surface area contributed by atoms with Crippen molar-refractivity contribution in [1.29, 1.82) is 0 Å². The number of rotatable bonds is 7. The highest BCUT2D eigenvalue weighted by molar-refractivity contribution is 5.87. The first-order valence-electron chi connectivity index (χ1n) is 16.6. The van der Waals surface area contributed by atoms with Gasteiger partial charge in [-0.25, -0.2) is 14.4 Å². The fraction of sp³-hybridized carbons (Fsp3) is 0.529.